The Labute approximate surface area is 187 Å². The van der Waals surface area contributed by atoms with Gasteiger partial charge in [-0.3, -0.25) is 14.6 Å². The molecule has 0 saturated heterocycles. The van der Waals surface area contributed by atoms with Gasteiger partial charge in [-0.2, -0.15) is 5.10 Å². The number of H-pyrrole nitrogens is 1. The average Bonchev–Trinajstić information content (AvgIpc) is 3.34. The van der Waals surface area contributed by atoms with Crippen LogP contribution in [0, 0.1) is 0 Å². The number of fused-ring (bicyclic) bond motifs is 1. The molecule has 33 heavy (non-hydrogen) atoms. The number of amides is 1. The number of hydrogen-bond acceptors (Lipinski definition) is 7. The minimum absolute atomic E-state index is 0.175. The largest absolute Gasteiger partial charge is 0.348 e. The lowest BCUT2D eigenvalue weighted by atomic mass is 10.2. The molecule has 0 aliphatic carbocycles. The Bertz CT molecular complexity index is 1480. The van der Waals surface area contributed by atoms with E-state index in [1.165, 1.54) is 12.4 Å². The van der Waals surface area contributed by atoms with Crippen molar-refractivity contribution in [1.29, 1.82) is 0 Å². The molecule has 0 spiro atoms. The van der Waals surface area contributed by atoms with Gasteiger partial charge in [-0.15, -0.1) is 0 Å². The summed E-state index contributed by atoms with van der Waals surface area (Å²) in [5, 5.41) is 10.3. The summed E-state index contributed by atoms with van der Waals surface area (Å²) in [5.74, 6) is 0.320. The smallest absolute Gasteiger partial charge is 0.251 e. The molecule has 162 valence electrons. The number of hydrogen-bond donors (Lipinski definition) is 3. The van der Waals surface area contributed by atoms with Gasteiger partial charge < -0.3 is 15.6 Å². The van der Waals surface area contributed by atoms with Crippen LogP contribution < -0.4 is 16.2 Å². The van der Waals surface area contributed by atoms with Gasteiger partial charge in [-0.05, 0) is 42.0 Å². The summed E-state index contributed by atoms with van der Waals surface area (Å²) in [4.78, 5) is 39.5. The molecular weight excluding hydrogens is 420 g/mol. The van der Waals surface area contributed by atoms with E-state index in [2.05, 4.69) is 35.7 Å². The zero-order valence-electron chi connectivity index (χ0n) is 17.3. The van der Waals surface area contributed by atoms with Crippen molar-refractivity contribution in [3.63, 3.8) is 0 Å². The fraction of sp³-hybridized carbons (Fsp3) is 0.0435. The van der Waals surface area contributed by atoms with Crippen LogP contribution in [0.15, 0.2) is 84.4 Å². The number of anilines is 2. The van der Waals surface area contributed by atoms with Crippen LogP contribution in [-0.2, 0) is 6.54 Å². The van der Waals surface area contributed by atoms with Crippen LogP contribution in [0.25, 0.3) is 16.9 Å². The molecule has 10 heteroatoms. The SMILES string of the molecule is O=C(NCc1cccnc1)c1ccc(Nc2ncc(-c3cc[nH]c(=O)c3)n3ncnc23)cc1. The number of aromatic nitrogens is 6. The number of nitrogens with one attached hydrogen (secondary N) is 3. The summed E-state index contributed by atoms with van der Waals surface area (Å²) in [6.45, 7) is 0.404. The summed E-state index contributed by atoms with van der Waals surface area (Å²) < 4.78 is 1.62. The predicted molar refractivity (Wildman–Crippen MR) is 122 cm³/mol. The molecule has 3 N–H and O–H groups in total. The molecule has 0 unspecified atom stereocenters. The number of benzene rings is 1. The summed E-state index contributed by atoms with van der Waals surface area (Å²) in [6, 6.07) is 14.0. The molecular formula is C23H18N8O2. The summed E-state index contributed by atoms with van der Waals surface area (Å²) in [7, 11) is 0. The topological polar surface area (TPSA) is 130 Å². The molecule has 4 heterocycles. The lowest BCUT2D eigenvalue weighted by Crippen LogP contribution is -2.22. The zero-order chi connectivity index (χ0) is 22.6. The quantitative estimate of drug-likeness (QED) is 0.371. The summed E-state index contributed by atoms with van der Waals surface area (Å²) in [6.07, 6.45) is 8.02. The van der Waals surface area contributed by atoms with Gasteiger partial charge in [0.25, 0.3) is 5.91 Å². The normalized spacial score (nSPS) is 10.8. The van der Waals surface area contributed by atoms with Gasteiger partial charge >= 0.3 is 0 Å². The van der Waals surface area contributed by atoms with Crippen molar-refractivity contribution in [2.75, 3.05) is 5.32 Å². The van der Waals surface area contributed by atoms with Crippen molar-refractivity contribution in [1.82, 2.24) is 34.9 Å². The molecule has 10 nitrogen and oxygen atoms in total. The standard InChI is InChI=1S/C23H18N8O2/c32-20-10-17(7-9-25-20)19-13-26-21(22-28-14-29-31(19)22)30-18-5-3-16(4-6-18)23(33)27-12-15-2-1-8-24-11-15/h1-11,13-14H,12H2,(H,25,32)(H,26,30)(H,27,33). The minimum atomic E-state index is -0.215. The first-order valence-corrected chi connectivity index (χ1v) is 10.1. The molecule has 4 aromatic heterocycles. The fourth-order valence-electron chi connectivity index (χ4n) is 3.34. The lowest BCUT2D eigenvalue weighted by Gasteiger charge is -2.10. The number of aromatic amines is 1. The average molecular weight is 438 g/mol. The maximum Gasteiger partial charge on any atom is 0.251 e. The second-order valence-electron chi connectivity index (χ2n) is 7.18. The Kier molecular flexibility index (Phi) is 5.30. The molecule has 0 aliphatic heterocycles. The highest BCUT2D eigenvalue weighted by molar-refractivity contribution is 5.94. The third-order valence-corrected chi connectivity index (χ3v) is 4.96. The van der Waals surface area contributed by atoms with Crippen LogP contribution in [-0.4, -0.2) is 35.5 Å². The highest BCUT2D eigenvalue weighted by Crippen LogP contribution is 2.23. The molecule has 5 rings (SSSR count). The van der Waals surface area contributed by atoms with Crippen LogP contribution in [0.1, 0.15) is 15.9 Å². The van der Waals surface area contributed by atoms with Crippen LogP contribution >= 0.6 is 0 Å². The minimum Gasteiger partial charge on any atom is -0.348 e. The van der Waals surface area contributed by atoms with E-state index in [-0.39, 0.29) is 11.5 Å². The second kappa shape index (κ2) is 8.71. The van der Waals surface area contributed by atoms with Crippen LogP contribution in [0.2, 0.25) is 0 Å². The van der Waals surface area contributed by atoms with Crippen molar-refractivity contribution in [2.24, 2.45) is 0 Å². The van der Waals surface area contributed by atoms with Crippen LogP contribution in [0.3, 0.4) is 0 Å². The Morgan fingerprint density at radius 1 is 1.06 bits per heavy atom. The molecule has 1 aromatic carbocycles. The van der Waals surface area contributed by atoms with E-state index in [0.29, 0.717) is 34.8 Å². The highest BCUT2D eigenvalue weighted by atomic mass is 16.1. The Morgan fingerprint density at radius 3 is 2.73 bits per heavy atom. The molecule has 0 bridgehead atoms. The maximum absolute atomic E-state index is 12.4. The van der Waals surface area contributed by atoms with E-state index in [0.717, 1.165) is 11.3 Å². The highest BCUT2D eigenvalue weighted by Gasteiger charge is 2.12. The van der Waals surface area contributed by atoms with Gasteiger partial charge in [-0.1, -0.05) is 6.07 Å². The Morgan fingerprint density at radius 2 is 1.94 bits per heavy atom. The molecule has 0 radical (unpaired) electrons. The Balaban J connectivity index is 1.33. The summed E-state index contributed by atoms with van der Waals surface area (Å²) in [5.41, 5.74) is 3.80. The van der Waals surface area contributed by atoms with E-state index < -0.39 is 0 Å². The van der Waals surface area contributed by atoms with E-state index in [1.807, 2.05) is 12.1 Å². The lowest BCUT2D eigenvalue weighted by molar-refractivity contribution is 0.0951. The molecule has 1 amide bonds. The van der Waals surface area contributed by atoms with Crippen molar-refractivity contribution in [2.45, 2.75) is 6.54 Å². The Hall–Kier alpha value is -4.86. The van der Waals surface area contributed by atoms with Crippen LogP contribution in [0.5, 0.6) is 0 Å². The molecule has 0 atom stereocenters. The van der Waals surface area contributed by atoms with E-state index in [9.17, 15) is 9.59 Å². The number of carbonyl (C=O) groups excluding carboxylic acids is 1. The molecule has 0 fully saturated rings. The molecule has 0 saturated carbocycles. The number of rotatable bonds is 6. The van der Waals surface area contributed by atoms with Gasteiger partial charge in [0.05, 0.1) is 11.9 Å². The van der Waals surface area contributed by atoms with Gasteiger partial charge in [0.2, 0.25) is 5.56 Å². The number of nitrogens with zero attached hydrogens (tertiary/aromatic N) is 5. The first kappa shape index (κ1) is 20.1. The van der Waals surface area contributed by atoms with Gasteiger partial charge in [-0.25, -0.2) is 14.5 Å². The summed E-state index contributed by atoms with van der Waals surface area (Å²) >= 11 is 0. The fourth-order valence-corrected chi connectivity index (χ4v) is 3.34. The van der Waals surface area contributed by atoms with Gasteiger partial charge in [0.1, 0.15) is 6.33 Å². The van der Waals surface area contributed by atoms with E-state index in [1.54, 1.807) is 59.6 Å². The van der Waals surface area contributed by atoms with Gasteiger partial charge in [0.15, 0.2) is 11.5 Å². The van der Waals surface area contributed by atoms with Gasteiger partial charge in [0, 0.05) is 48.0 Å². The monoisotopic (exact) mass is 438 g/mol. The van der Waals surface area contributed by atoms with Crippen molar-refractivity contribution in [3.05, 3.63) is 101 Å². The van der Waals surface area contributed by atoms with E-state index in [4.69, 9.17) is 0 Å². The number of pyridine rings is 2. The van der Waals surface area contributed by atoms with Crippen molar-refractivity contribution in [3.8, 4) is 11.3 Å². The van der Waals surface area contributed by atoms with E-state index >= 15 is 0 Å². The third-order valence-electron chi connectivity index (χ3n) is 4.96. The third kappa shape index (κ3) is 4.30. The second-order valence-corrected chi connectivity index (χ2v) is 7.18. The first-order chi connectivity index (χ1) is 16.2. The number of carbonyl (C=O) groups is 1. The van der Waals surface area contributed by atoms with Crippen molar-refractivity contribution < 1.29 is 4.79 Å². The molecule has 0 aliphatic rings. The van der Waals surface area contributed by atoms with Crippen LogP contribution in [0.4, 0.5) is 11.5 Å². The molecule has 5 aromatic rings. The first-order valence-electron chi connectivity index (χ1n) is 10.1. The zero-order valence-corrected chi connectivity index (χ0v) is 17.3. The maximum atomic E-state index is 12.4. The van der Waals surface area contributed by atoms with Crippen molar-refractivity contribution >= 4 is 23.1 Å². The predicted octanol–water partition coefficient (Wildman–Crippen LogP) is 2.55.